The number of rotatable bonds is 4. The Bertz CT molecular complexity index is 2580. The molecule has 3 heteroatoms. The molecule has 1 saturated carbocycles. The van der Waals surface area contributed by atoms with Crippen molar-refractivity contribution in [3.63, 3.8) is 0 Å². The topological polar surface area (TPSA) is 6.48 Å². The number of benzene rings is 4. The van der Waals surface area contributed by atoms with Gasteiger partial charge in [-0.05, 0) is 224 Å². The summed E-state index contributed by atoms with van der Waals surface area (Å²) < 4.78 is 0. The number of allylic oxidation sites excluding steroid dienone is 4. The van der Waals surface area contributed by atoms with Crippen LogP contribution in [0.2, 0.25) is 0 Å². The first-order valence-corrected chi connectivity index (χ1v) is 24.6. The smallest absolute Gasteiger partial charge is 0.333 e. The second kappa shape index (κ2) is 14.7. The number of fused-ring (bicyclic) bond motifs is 4. The molecule has 0 spiro atoms. The van der Waals surface area contributed by atoms with E-state index in [2.05, 4.69) is 166 Å². The van der Waals surface area contributed by atoms with E-state index < -0.39 is 0 Å². The summed E-state index contributed by atoms with van der Waals surface area (Å²) in [4.78, 5) is 5.58. The summed E-state index contributed by atoms with van der Waals surface area (Å²) in [5.74, 6) is 0.608. The summed E-state index contributed by atoms with van der Waals surface area (Å²) in [6, 6.07) is 25.4. The second-order valence-electron chi connectivity index (χ2n) is 23.8. The van der Waals surface area contributed by atoms with Gasteiger partial charge >= 0.3 is 6.85 Å². The fourth-order valence-corrected chi connectivity index (χ4v) is 12.2. The predicted octanol–water partition coefficient (Wildman–Crippen LogP) is 15.7. The molecule has 0 unspecified atom stereocenters. The van der Waals surface area contributed by atoms with Gasteiger partial charge in [0.15, 0.2) is 0 Å². The van der Waals surface area contributed by atoms with E-state index in [1.807, 2.05) is 0 Å². The second-order valence-corrected chi connectivity index (χ2v) is 23.8. The van der Waals surface area contributed by atoms with Crippen LogP contribution in [0.4, 0.5) is 17.1 Å². The lowest BCUT2D eigenvalue weighted by molar-refractivity contribution is 0.241. The minimum Gasteiger partial charge on any atom is -0.376 e. The molecular formula is C59H73BN2. The zero-order valence-corrected chi connectivity index (χ0v) is 40.5. The maximum Gasteiger partial charge on any atom is 0.333 e. The summed E-state index contributed by atoms with van der Waals surface area (Å²) in [5, 5.41) is 0. The zero-order chi connectivity index (χ0) is 43.7. The van der Waals surface area contributed by atoms with Crippen molar-refractivity contribution in [2.24, 2.45) is 10.8 Å². The Morgan fingerprint density at radius 3 is 1.84 bits per heavy atom. The first-order chi connectivity index (χ1) is 29.3. The van der Waals surface area contributed by atoms with E-state index in [1.165, 1.54) is 137 Å². The molecule has 4 aromatic carbocycles. The molecule has 0 N–H and O–H groups in total. The van der Waals surface area contributed by atoms with E-state index >= 15 is 0 Å². The van der Waals surface area contributed by atoms with Crippen molar-refractivity contribution in [3.8, 4) is 11.1 Å². The van der Waals surface area contributed by atoms with Crippen LogP contribution in [0, 0.1) is 24.7 Å². The average molecular weight is 821 g/mol. The largest absolute Gasteiger partial charge is 0.376 e. The van der Waals surface area contributed by atoms with Crippen LogP contribution in [0.25, 0.3) is 16.6 Å². The van der Waals surface area contributed by atoms with Crippen LogP contribution in [0.3, 0.4) is 0 Å². The number of aryl methyl sites for hydroxylation is 4. The van der Waals surface area contributed by atoms with Crippen molar-refractivity contribution in [1.29, 1.82) is 0 Å². The molecule has 0 aromatic heterocycles. The van der Waals surface area contributed by atoms with Gasteiger partial charge in [0.2, 0.25) is 0 Å². The van der Waals surface area contributed by atoms with Crippen molar-refractivity contribution >= 4 is 34.8 Å². The van der Waals surface area contributed by atoms with Crippen molar-refractivity contribution in [1.82, 2.24) is 0 Å². The first-order valence-electron chi connectivity index (χ1n) is 24.6. The molecule has 0 atom stereocenters. The van der Waals surface area contributed by atoms with Crippen molar-refractivity contribution in [2.75, 3.05) is 9.71 Å². The predicted molar refractivity (Wildman–Crippen MR) is 269 cm³/mol. The Hall–Kier alpha value is -4.24. The molecule has 4 aromatic rings. The molecule has 2 heterocycles. The van der Waals surface area contributed by atoms with E-state index in [-0.39, 0.29) is 28.5 Å². The lowest BCUT2D eigenvalue weighted by Crippen LogP contribution is -2.56. The van der Waals surface area contributed by atoms with E-state index in [0.29, 0.717) is 5.92 Å². The van der Waals surface area contributed by atoms with Crippen LogP contribution in [-0.4, -0.2) is 6.85 Å². The van der Waals surface area contributed by atoms with Crippen molar-refractivity contribution < 1.29 is 0 Å². The maximum atomic E-state index is 2.81. The van der Waals surface area contributed by atoms with Crippen LogP contribution in [-0.2, 0) is 23.7 Å². The normalized spacial score (nSPS) is 23.9. The summed E-state index contributed by atoms with van der Waals surface area (Å²) >= 11 is 0. The maximum absolute atomic E-state index is 2.81. The number of nitrogens with zero attached hydrogens (tertiary/aromatic N) is 2. The molecule has 6 aliphatic rings. The number of hydrogen-bond donors (Lipinski definition) is 0. The van der Waals surface area contributed by atoms with Gasteiger partial charge in [-0.2, -0.15) is 0 Å². The van der Waals surface area contributed by atoms with Crippen molar-refractivity contribution in [3.05, 3.63) is 134 Å². The van der Waals surface area contributed by atoms with Gasteiger partial charge in [0.1, 0.15) is 0 Å². The summed E-state index contributed by atoms with van der Waals surface area (Å²) in [5.41, 5.74) is 26.8. The molecular weight excluding hydrogens is 747 g/mol. The van der Waals surface area contributed by atoms with Crippen LogP contribution in [0.15, 0.2) is 89.8 Å². The van der Waals surface area contributed by atoms with Crippen LogP contribution in [0.1, 0.15) is 184 Å². The number of anilines is 3. The Balaban J connectivity index is 1.33. The Morgan fingerprint density at radius 2 is 1.19 bits per heavy atom. The Kier molecular flexibility index (Phi) is 9.87. The van der Waals surface area contributed by atoms with E-state index in [4.69, 9.17) is 0 Å². The standard InChI is InChI=1S/C59H73BN2/c1-37-17-21-44(22-18-37)62-52-34-43-16-14-13-15-42(43)33-46(52)47-31-38(2)32-53-55(47)60(62)54(40(4)61(53)51-24-26-57(7,8)28-27-56(5,6)25-23-39(51)3)48-36-50-49(35-45(48)41-19-20-41)58(9,10)29-30-59(50,11)12/h17-18,21-24,31-36,41H,13-16,19-20,25-30H2,1-12H3/b39-23-,51-24+. The van der Waals surface area contributed by atoms with Gasteiger partial charge in [-0.3, -0.25) is 0 Å². The van der Waals surface area contributed by atoms with E-state index in [1.54, 1.807) is 27.8 Å². The van der Waals surface area contributed by atoms with Gasteiger partial charge in [0.25, 0.3) is 0 Å². The molecule has 322 valence electrons. The highest BCUT2D eigenvalue weighted by molar-refractivity contribution is 6.96. The Morgan fingerprint density at radius 1 is 0.581 bits per heavy atom. The molecule has 4 aliphatic carbocycles. The SMILES string of the molecule is CC1=C(c2cc3c(cc2C2CC2)C(C)(C)CCC3(C)C)B2c3c(cc(C)cc3N1C1=C/CC(C)(C)CCC(C)(C)C/C=C\1C)-c1cc3c(cc1N2c1ccc(C)cc1)CCCC3. The number of hydrogen-bond acceptors (Lipinski definition) is 2. The quantitative estimate of drug-likeness (QED) is 0.189. The molecule has 2 aliphatic heterocycles. The molecule has 1 fully saturated rings. The fraction of sp³-hybridized carbons (Fsp3) is 0.492. The third-order valence-corrected chi connectivity index (χ3v) is 16.7. The van der Waals surface area contributed by atoms with Crippen LogP contribution < -0.4 is 15.2 Å². The highest BCUT2D eigenvalue weighted by Gasteiger charge is 2.49. The highest BCUT2D eigenvalue weighted by atomic mass is 15.2. The molecule has 0 amide bonds. The van der Waals surface area contributed by atoms with Gasteiger partial charge in [-0.25, -0.2) is 0 Å². The van der Waals surface area contributed by atoms with E-state index in [9.17, 15) is 0 Å². The summed E-state index contributed by atoms with van der Waals surface area (Å²) in [6.45, 7) is 29.5. The monoisotopic (exact) mass is 821 g/mol. The molecule has 10 rings (SSSR count). The molecule has 62 heavy (non-hydrogen) atoms. The highest BCUT2D eigenvalue weighted by Crippen LogP contribution is 2.55. The minimum absolute atomic E-state index is 0.0174. The van der Waals surface area contributed by atoms with Gasteiger partial charge in [-0.15, -0.1) is 0 Å². The van der Waals surface area contributed by atoms with Gasteiger partial charge in [0, 0.05) is 34.0 Å². The molecule has 0 bridgehead atoms. The van der Waals surface area contributed by atoms with Crippen LogP contribution >= 0.6 is 0 Å². The lowest BCUT2D eigenvalue weighted by Gasteiger charge is -2.48. The third kappa shape index (κ3) is 7.07. The Labute approximate surface area is 376 Å². The average Bonchev–Trinajstić information content (AvgIpc) is 4.07. The molecule has 0 saturated heterocycles. The third-order valence-electron chi connectivity index (χ3n) is 16.7. The van der Waals surface area contributed by atoms with Gasteiger partial charge < -0.3 is 9.71 Å². The van der Waals surface area contributed by atoms with Crippen molar-refractivity contribution in [2.45, 2.75) is 177 Å². The van der Waals surface area contributed by atoms with Gasteiger partial charge in [-0.1, -0.05) is 103 Å². The molecule has 2 nitrogen and oxygen atoms in total. The fourth-order valence-electron chi connectivity index (χ4n) is 12.2. The zero-order valence-electron chi connectivity index (χ0n) is 40.5. The van der Waals surface area contributed by atoms with Gasteiger partial charge in [0.05, 0.1) is 0 Å². The van der Waals surface area contributed by atoms with Crippen LogP contribution in [0.5, 0.6) is 0 Å². The minimum atomic E-state index is 0.0174. The lowest BCUT2D eigenvalue weighted by atomic mass is 9.41. The summed E-state index contributed by atoms with van der Waals surface area (Å²) in [7, 11) is 0. The molecule has 0 radical (unpaired) electrons. The van der Waals surface area contributed by atoms with E-state index in [0.717, 1.165) is 12.8 Å². The summed E-state index contributed by atoms with van der Waals surface area (Å²) in [6.07, 6.45) is 19.8. The first kappa shape index (κ1) is 41.8.